The Morgan fingerprint density at radius 2 is 1.68 bits per heavy atom. The van der Waals surface area contributed by atoms with Gasteiger partial charge in [-0.2, -0.15) is 0 Å². The van der Waals surface area contributed by atoms with Crippen LogP contribution in [0, 0.1) is 0 Å². The molecule has 1 aromatic heterocycles. The van der Waals surface area contributed by atoms with Gasteiger partial charge in [0.2, 0.25) is 0 Å². The topological polar surface area (TPSA) is 60.9 Å². The Labute approximate surface area is 167 Å². The van der Waals surface area contributed by atoms with Crippen molar-refractivity contribution in [2.45, 2.75) is 65.3 Å². The molecule has 7 heteroatoms. The monoisotopic (exact) mass is 384 g/mol. The first-order chi connectivity index (χ1) is 12.8. The van der Waals surface area contributed by atoms with E-state index in [0.717, 1.165) is 16.2 Å². The molecule has 1 amide bonds. The van der Waals surface area contributed by atoms with Gasteiger partial charge >= 0.3 is 13.2 Å². The van der Waals surface area contributed by atoms with E-state index in [4.69, 9.17) is 14.0 Å². The second-order valence-corrected chi connectivity index (χ2v) is 9.28. The lowest BCUT2D eigenvalue weighted by Crippen LogP contribution is -2.41. The fraction of sp³-hybridized carbons (Fsp3) is 0.524. The van der Waals surface area contributed by atoms with Crippen LogP contribution < -0.4 is 10.4 Å². The fourth-order valence-corrected chi connectivity index (χ4v) is 2.88. The summed E-state index contributed by atoms with van der Waals surface area (Å²) in [5.41, 5.74) is -0.422. The van der Waals surface area contributed by atoms with Gasteiger partial charge in [0, 0.05) is 18.6 Å². The van der Waals surface area contributed by atoms with E-state index >= 15 is 0 Å². The van der Waals surface area contributed by atoms with Crippen molar-refractivity contribution in [1.82, 2.24) is 4.98 Å². The van der Waals surface area contributed by atoms with Crippen LogP contribution in [0.1, 0.15) is 48.5 Å². The highest BCUT2D eigenvalue weighted by atomic mass is 16.7. The molecule has 2 heterocycles. The molecule has 1 aromatic carbocycles. The highest BCUT2D eigenvalue weighted by Gasteiger charge is 2.51. The van der Waals surface area contributed by atoms with E-state index in [9.17, 15) is 4.79 Å². The van der Waals surface area contributed by atoms with E-state index in [1.54, 1.807) is 13.2 Å². The molecule has 0 spiro atoms. The van der Waals surface area contributed by atoms with E-state index in [1.165, 1.54) is 4.90 Å². The minimum absolute atomic E-state index is 0.396. The van der Waals surface area contributed by atoms with Crippen molar-refractivity contribution in [1.29, 1.82) is 0 Å². The first-order valence-corrected chi connectivity index (χ1v) is 9.51. The maximum Gasteiger partial charge on any atom is 0.494 e. The number of carbonyl (C=O) groups excluding carboxylic acids is 1. The molecular weight excluding hydrogens is 355 g/mol. The molecule has 0 unspecified atom stereocenters. The molecule has 2 aromatic rings. The van der Waals surface area contributed by atoms with Gasteiger partial charge < -0.3 is 14.0 Å². The molecule has 0 aliphatic carbocycles. The smallest absolute Gasteiger partial charge is 0.443 e. The van der Waals surface area contributed by atoms with Crippen LogP contribution in [0.4, 0.5) is 10.6 Å². The van der Waals surface area contributed by atoms with Gasteiger partial charge in [0.15, 0.2) is 0 Å². The number of anilines is 1. The van der Waals surface area contributed by atoms with Gasteiger partial charge in [-0.1, -0.05) is 18.2 Å². The van der Waals surface area contributed by atoms with Crippen LogP contribution in [0.2, 0.25) is 0 Å². The third-order valence-corrected chi connectivity index (χ3v) is 5.27. The molecule has 150 valence electrons. The van der Waals surface area contributed by atoms with E-state index in [-0.39, 0.29) is 0 Å². The largest absolute Gasteiger partial charge is 0.494 e. The van der Waals surface area contributed by atoms with Crippen LogP contribution in [0.3, 0.4) is 0 Å². The molecule has 0 N–H and O–H groups in total. The summed E-state index contributed by atoms with van der Waals surface area (Å²) in [5, 5.41) is 1.93. The van der Waals surface area contributed by atoms with Gasteiger partial charge in [-0.3, -0.25) is 4.90 Å². The zero-order chi connectivity index (χ0) is 20.9. The minimum atomic E-state index is -0.563. The summed E-state index contributed by atoms with van der Waals surface area (Å²) in [4.78, 5) is 18.1. The lowest BCUT2D eigenvalue weighted by Gasteiger charge is -2.32. The average molecular weight is 384 g/mol. The maximum absolute atomic E-state index is 12.3. The zero-order valence-electron chi connectivity index (χ0n) is 18.0. The third kappa shape index (κ3) is 4.01. The Morgan fingerprint density at radius 1 is 1.07 bits per heavy atom. The molecular formula is C21H29BN2O4. The van der Waals surface area contributed by atoms with Crippen molar-refractivity contribution in [3.8, 4) is 0 Å². The van der Waals surface area contributed by atoms with E-state index in [0.29, 0.717) is 5.82 Å². The summed E-state index contributed by atoms with van der Waals surface area (Å²) in [6.07, 6.45) is 1.31. The van der Waals surface area contributed by atoms with Gasteiger partial charge in [-0.25, -0.2) is 9.78 Å². The SMILES string of the molecule is CN(C(=O)OC(C)(C)C)c1cc2cc(B3OC(C)(C)C(C)(C)O3)ccc2cn1. The summed E-state index contributed by atoms with van der Waals surface area (Å²) < 4.78 is 17.7. The number of fused-ring (bicyclic) bond motifs is 1. The Morgan fingerprint density at radius 3 is 2.25 bits per heavy atom. The molecule has 3 rings (SSSR count). The molecule has 1 aliphatic heterocycles. The number of amides is 1. The average Bonchev–Trinajstić information content (AvgIpc) is 2.79. The number of hydrogen-bond donors (Lipinski definition) is 0. The molecule has 0 radical (unpaired) electrons. The number of rotatable bonds is 2. The van der Waals surface area contributed by atoms with Gasteiger partial charge in [-0.05, 0) is 65.4 Å². The molecule has 1 saturated heterocycles. The summed E-state index contributed by atoms with van der Waals surface area (Å²) in [6.45, 7) is 13.6. The Bertz CT molecular complexity index is 889. The first kappa shape index (κ1) is 20.6. The maximum atomic E-state index is 12.3. The Hall–Kier alpha value is -2.12. The van der Waals surface area contributed by atoms with Crippen molar-refractivity contribution in [3.63, 3.8) is 0 Å². The summed E-state index contributed by atoms with van der Waals surface area (Å²) >= 11 is 0. The van der Waals surface area contributed by atoms with Gasteiger partial charge in [-0.15, -0.1) is 0 Å². The lowest BCUT2D eigenvalue weighted by molar-refractivity contribution is 0.00578. The highest BCUT2D eigenvalue weighted by Crippen LogP contribution is 2.36. The Kier molecular flexibility index (Phi) is 4.96. The number of pyridine rings is 1. The van der Waals surface area contributed by atoms with Gasteiger partial charge in [0.05, 0.1) is 11.2 Å². The molecule has 1 aliphatic rings. The molecule has 28 heavy (non-hydrogen) atoms. The van der Waals surface area contributed by atoms with E-state index in [1.807, 2.05) is 72.7 Å². The number of nitrogens with zero attached hydrogens (tertiary/aromatic N) is 2. The number of carbonyl (C=O) groups is 1. The number of aromatic nitrogens is 1. The summed E-state index contributed by atoms with van der Waals surface area (Å²) in [6, 6.07) is 7.86. The van der Waals surface area contributed by atoms with Crippen LogP contribution in [0.25, 0.3) is 10.8 Å². The number of benzene rings is 1. The van der Waals surface area contributed by atoms with Gasteiger partial charge in [0.25, 0.3) is 0 Å². The van der Waals surface area contributed by atoms with Crippen molar-refractivity contribution >= 4 is 35.3 Å². The molecule has 0 atom stereocenters. The fourth-order valence-electron chi connectivity index (χ4n) is 2.88. The van der Waals surface area contributed by atoms with Crippen LogP contribution >= 0.6 is 0 Å². The van der Waals surface area contributed by atoms with E-state index in [2.05, 4.69) is 4.98 Å². The van der Waals surface area contributed by atoms with Crippen molar-refractivity contribution < 1.29 is 18.8 Å². The Balaban J connectivity index is 1.89. The quantitative estimate of drug-likeness (QED) is 0.735. The third-order valence-electron chi connectivity index (χ3n) is 5.27. The van der Waals surface area contributed by atoms with Crippen LogP contribution in [0.15, 0.2) is 30.5 Å². The molecule has 0 saturated carbocycles. The molecule has 6 nitrogen and oxygen atoms in total. The second kappa shape index (κ2) is 6.74. The van der Waals surface area contributed by atoms with Crippen LogP contribution in [0.5, 0.6) is 0 Å². The van der Waals surface area contributed by atoms with Crippen LogP contribution in [-0.2, 0) is 14.0 Å². The summed E-state index contributed by atoms with van der Waals surface area (Å²) in [7, 11) is 1.22. The molecule has 0 bridgehead atoms. The van der Waals surface area contributed by atoms with Crippen molar-refractivity contribution in [2.75, 3.05) is 11.9 Å². The van der Waals surface area contributed by atoms with Gasteiger partial charge in [0.1, 0.15) is 11.4 Å². The van der Waals surface area contributed by atoms with Crippen LogP contribution in [-0.4, -0.2) is 42.0 Å². The summed E-state index contributed by atoms with van der Waals surface area (Å²) in [5.74, 6) is 0.521. The first-order valence-electron chi connectivity index (χ1n) is 9.51. The highest BCUT2D eigenvalue weighted by molar-refractivity contribution is 6.62. The number of ether oxygens (including phenoxy) is 1. The van der Waals surface area contributed by atoms with E-state index < -0.39 is 30.0 Å². The predicted molar refractivity (Wildman–Crippen MR) is 112 cm³/mol. The standard InChI is InChI=1S/C21H29BN2O4/c1-19(2,3)26-18(25)24(8)17-12-15-11-16(10-9-14(15)13-23-17)22-27-20(4,5)21(6,7)28-22/h9-13H,1-8H3. The van der Waals surface area contributed by atoms with Crippen molar-refractivity contribution in [3.05, 3.63) is 30.5 Å². The lowest BCUT2D eigenvalue weighted by atomic mass is 9.78. The second-order valence-electron chi connectivity index (χ2n) is 9.28. The minimum Gasteiger partial charge on any atom is -0.443 e. The van der Waals surface area contributed by atoms with Crippen molar-refractivity contribution in [2.24, 2.45) is 0 Å². The normalized spacial score (nSPS) is 18.4. The zero-order valence-corrected chi connectivity index (χ0v) is 18.0. The predicted octanol–water partition coefficient (Wildman–Crippen LogP) is 3.91. The number of hydrogen-bond acceptors (Lipinski definition) is 5. The molecule has 1 fully saturated rings.